The molecule has 0 radical (unpaired) electrons. The predicted octanol–water partition coefficient (Wildman–Crippen LogP) is 3.93. The van der Waals surface area contributed by atoms with Crippen molar-refractivity contribution in [1.82, 2.24) is 5.32 Å². The third-order valence-corrected chi connectivity index (χ3v) is 3.64. The summed E-state index contributed by atoms with van der Waals surface area (Å²) in [5, 5.41) is 5.04. The fourth-order valence-corrected chi connectivity index (χ4v) is 2.74. The van der Waals surface area contributed by atoms with Crippen molar-refractivity contribution in [2.75, 3.05) is 13.2 Å². The average molecular weight is 271 g/mol. The largest absolute Gasteiger partial charge is 0.496 e. The fourth-order valence-electron chi connectivity index (χ4n) is 2.74. The highest BCUT2D eigenvalue weighted by Crippen LogP contribution is 2.32. The highest BCUT2D eigenvalue weighted by Gasteiger charge is 2.22. The van der Waals surface area contributed by atoms with Crippen molar-refractivity contribution in [3.8, 4) is 0 Å². The van der Waals surface area contributed by atoms with Crippen LogP contribution in [0, 0.1) is 5.82 Å². The number of hydrogen-bond acceptors (Lipinski definition) is 2. The number of rotatable bonds is 4. The lowest BCUT2D eigenvalue weighted by Crippen LogP contribution is -2.23. The van der Waals surface area contributed by atoms with Gasteiger partial charge < -0.3 is 10.1 Å². The zero-order valence-electron chi connectivity index (χ0n) is 11.5. The van der Waals surface area contributed by atoms with Crippen molar-refractivity contribution < 1.29 is 9.13 Å². The molecule has 1 unspecified atom stereocenters. The maximum atomic E-state index is 13.9. The summed E-state index contributed by atoms with van der Waals surface area (Å²) in [6, 6.07) is 11.0. The maximum absolute atomic E-state index is 13.9. The van der Waals surface area contributed by atoms with Gasteiger partial charge in [-0.3, -0.25) is 0 Å². The van der Waals surface area contributed by atoms with Crippen LogP contribution in [0.3, 0.4) is 0 Å². The monoisotopic (exact) mass is 271 g/mol. The van der Waals surface area contributed by atoms with Crippen LogP contribution in [0.5, 0.6) is 0 Å². The van der Waals surface area contributed by atoms with Crippen molar-refractivity contribution in [3.63, 3.8) is 0 Å². The van der Waals surface area contributed by atoms with Gasteiger partial charge in [-0.2, -0.15) is 0 Å². The van der Waals surface area contributed by atoms with Gasteiger partial charge in [-0.15, -0.1) is 0 Å². The predicted molar refractivity (Wildman–Crippen MR) is 79.0 cm³/mol. The molecule has 1 N–H and O–H groups in total. The molecular formula is C17H18FNO. The summed E-state index contributed by atoms with van der Waals surface area (Å²) in [7, 11) is 0. The minimum atomic E-state index is -0.180. The molecule has 0 aliphatic carbocycles. The highest BCUT2D eigenvalue weighted by molar-refractivity contribution is 5.87. The van der Waals surface area contributed by atoms with Crippen LogP contribution in [-0.4, -0.2) is 13.2 Å². The minimum absolute atomic E-state index is 0.00648. The number of benzene rings is 2. The average Bonchev–Trinajstić information content (AvgIpc) is 3.00. The van der Waals surface area contributed by atoms with Crippen molar-refractivity contribution in [1.29, 1.82) is 0 Å². The molecule has 0 saturated heterocycles. The summed E-state index contributed by atoms with van der Waals surface area (Å²) >= 11 is 0. The topological polar surface area (TPSA) is 21.3 Å². The lowest BCUT2D eigenvalue weighted by molar-refractivity contribution is 0.216. The lowest BCUT2D eigenvalue weighted by Gasteiger charge is -2.21. The molecule has 1 aliphatic heterocycles. The lowest BCUT2D eigenvalue weighted by atomic mass is 9.97. The smallest absolute Gasteiger partial charge is 0.131 e. The SMILES string of the molecule is CCNC(C1=CCCO1)c1ccc(F)c2ccccc12. The fraction of sp³-hybridized carbons (Fsp3) is 0.294. The van der Waals surface area contributed by atoms with E-state index in [2.05, 4.69) is 18.3 Å². The van der Waals surface area contributed by atoms with Crippen LogP contribution in [-0.2, 0) is 4.74 Å². The quantitative estimate of drug-likeness (QED) is 0.909. The number of ether oxygens (including phenoxy) is 1. The van der Waals surface area contributed by atoms with E-state index in [1.54, 1.807) is 0 Å². The van der Waals surface area contributed by atoms with Gasteiger partial charge in [-0.25, -0.2) is 4.39 Å². The molecule has 104 valence electrons. The molecule has 0 amide bonds. The van der Waals surface area contributed by atoms with E-state index < -0.39 is 0 Å². The summed E-state index contributed by atoms with van der Waals surface area (Å²) in [5.74, 6) is 0.768. The van der Waals surface area contributed by atoms with E-state index in [0.717, 1.165) is 36.3 Å². The van der Waals surface area contributed by atoms with Crippen LogP contribution in [0.2, 0.25) is 0 Å². The third kappa shape index (κ3) is 2.29. The van der Waals surface area contributed by atoms with E-state index in [0.29, 0.717) is 5.39 Å². The van der Waals surface area contributed by atoms with Gasteiger partial charge in [-0.1, -0.05) is 37.3 Å². The zero-order valence-corrected chi connectivity index (χ0v) is 11.5. The van der Waals surface area contributed by atoms with Crippen LogP contribution >= 0.6 is 0 Å². The van der Waals surface area contributed by atoms with Gasteiger partial charge in [-0.05, 0) is 29.6 Å². The Bertz CT molecular complexity index is 650. The van der Waals surface area contributed by atoms with Gasteiger partial charge in [0.15, 0.2) is 0 Å². The van der Waals surface area contributed by atoms with E-state index in [4.69, 9.17) is 4.74 Å². The zero-order chi connectivity index (χ0) is 13.9. The first kappa shape index (κ1) is 13.1. The Morgan fingerprint density at radius 3 is 2.70 bits per heavy atom. The van der Waals surface area contributed by atoms with Gasteiger partial charge in [0.05, 0.1) is 12.6 Å². The Balaban J connectivity index is 2.13. The second kappa shape index (κ2) is 5.63. The Morgan fingerprint density at radius 1 is 1.20 bits per heavy atom. The molecule has 2 aromatic rings. The Morgan fingerprint density at radius 2 is 2.00 bits per heavy atom. The van der Waals surface area contributed by atoms with Crippen LogP contribution < -0.4 is 5.32 Å². The minimum Gasteiger partial charge on any atom is -0.496 e. The molecule has 20 heavy (non-hydrogen) atoms. The molecule has 0 saturated carbocycles. The van der Waals surface area contributed by atoms with Crippen LogP contribution in [0.4, 0.5) is 4.39 Å². The molecular weight excluding hydrogens is 253 g/mol. The number of hydrogen-bond donors (Lipinski definition) is 1. The first-order valence-corrected chi connectivity index (χ1v) is 7.04. The van der Waals surface area contributed by atoms with E-state index in [9.17, 15) is 4.39 Å². The molecule has 0 aromatic heterocycles. The molecule has 0 fully saturated rings. The number of likely N-dealkylation sites (N-methyl/N-ethyl adjacent to an activating group) is 1. The Hall–Kier alpha value is -1.87. The summed E-state index contributed by atoms with van der Waals surface area (Å²) in [6.45, 7) is 3.63. The van der Waals surface area contributed by atoms with E-state index in [1.807, 2.05) is 30.3 Å². The Labute approximate surface area is 118 Å². The molecule has 1 atom stereocenters. The van der Waals surface area contributed by atoms with Gasteiger partial charge >= 0.3 is 0 Å². The third-order valence-electron chi connectivity index (χ3n) is 3.64. The van der Waals surface area contributed by atoms with Crippen molar-refractivity contribution >= 4 is 10.8 Å². The first-order chi connectivity index (χ1) is 9.81. The summed E-state index contributed by atoms with van der Waals surface area (Å²) < 4.78 is 19.6. The van der Waals surface area contributed by atoms with E-state index in [-0.39, 0.29) is 11.9 Å². The second-order valence-corrected chi connectivity index (χ2v) is 4.92. The normalized spacial score (nSPS) is 16.0. The molecule has 3 rings (SSSR count). The standard InChI is InChI=1S/C17H18FNO/c1-2-19-17(16-8-5-11-20-16)14-9-10-15(18)13-7-4-3-6-12(13)14/h3-4,6-10,17,19H,2,5,11H2,1H3. The number of halogens is 1. The van der Waals surface area contributed by atoms with Crippen LogP contribution in [0.15, 0.2) is 48.2 Å². The van der Waals surface area contributed by atoms with Crippen molar-refractivity contribution in [3.05, 3.63) is 59.6 Å². The van der Waals surface area contributed by atoms with Crippen molar-refractivity contribution in [2.24, 2.45) is 0 Å². The molecule has 2 nitrogen and oxygen atoms in total. The summed E-state index contributed by atoms with van der Waals surface area (Å²) in [4.78, 5) is 0. The van der Waals surface area contributed by atoms with Crippen LogP contribution in [0.25, 0.3) is 10.8 Å². The molecule has 0 spiro atoms. The molecule has 1 aliphatic rings. The van der Waals surface area contributed by atoms with Crippen LogP contribution in [0.1, 0.15) is 24.9 Å². The van der Waals surface area contributed by atoms with E-state index in [1.165, 1.54) is 6.07 Å². The highest BCUT2D eigenvalue weighted by atomic mass is 19.1. The number of fused-ring (bicyclic) bond motifs is 1. The summed E-state index contributed by atoms with van der Waals surface area (Å²) in [5.41, 5.74) is 1.07. The first-order valence-electron chi connectivity index (χ1n) is 7.04. The van der Waals surface area contributed by atoms with Crippen molar-refractivity contribution in [2.45, 2.75) is 19.4 Å². The van der Waals surface area contributed by atoms with Gasteiger partial charge in [0.1, 0.15) is 11.6 Å². The molecule has 1 heterocycles. The molecule has 3 heteroatoms. The maximum Gasteiger partial charge on any atom is 0.131 e. The molecule has 2 aromatic carbocycles. The summed E-state index contributed by atoms with van der Waals surface area (Å²) in [6.07, 6.45) is 3.06. The Kier molecular flexibility index (Phi) is 3.70. The van der Waals surface area contributed by atoms with E-state index >= 15 is 0 Å². The number of nitrogens with one attached hydrogen (secondary N) is 1. The van der Waals surface area contributed by atoms with Gasteiger partial charge in [0.2, 0.25) is 0 Å². The molecule has 0 bridgehead atoms. The second-order valence-electron chi connectivity index (χ2n) is 4.92. The van der Waals surface area contributed by atoms with Gasteiger partial charge in [0, 0.05) is 11.8 Å². The van der Waals surface area contributed by atoms with Gasteiger partial charge in [0.25, 0.3) is 0 Å².